The number of aromatic nitrogens is 2. The molecule has 0 spiro atoms. The maximum Gasteiger partial charge on any atom is 0.416 e. The zero-order chi connectivity index (χ0) is 33.3. The van der Waals surface area contributed by atoms with E-state index in [2.05, 4.69) is 37.4 Å². The van der Waals surface area contributed by atoms with Crippen LogP contribution in [0.25, 0.3) is 0 Å². The van der Waals surface area contributed by atoms with Crippen LogP contribution in [-0.4, -0.2) is 73.2 Å². The molecule has 0 radical (unpaired) electrons. The van der Waals surface area contributed by atoms with Crippen molar-refractivity contribution in [3.05, 3.63) is 101 Å². The van der Waals surface area contributed by atoms with Crippen LogP contribution < -0.4 is 20.4 Å². The van der Waals surface area contributed by atoms with Gasteiger partial charge in [0.1, 0.15) is 6.23 Å². The number of carbonyl (C=O) groups is 2. The number of nitrogens with zero attached hydrogens (tertiary/aromatic N) is 5. The highest BCUT2D eigenvalue weighted by molar-refractivity contribution is 6.09. The van der Waals surface area contributed by atoms with Crippen LogP contribution in [0.3, 0.4) is 0 Å². The highest BCUT2D eigenvalue weighted by atomic mass is 19.4. The average Bonchev–Trinajstić information content (AvgIpc) is 3.06. The number of nitrogens with one attached hydrogen (secondary N) is 2. The number of benzene rings is 3. The average molecular weight is 646 g/mol. The minimum atomic E-state index is -4.57. The molecule has 6 rings (SSSR count). The molecule has 244 valence electrons. The summed E-state index contributed by atoms with van der Waals surface area (Å²) in [4.78, 5) is 41.5. The monoisotopic (exact) mass is 645 g/mol. The molecule has 47 heavy (non-hydrogen) atoms. The van der Waals surface area contributed by atoms with E-state index in [0.29, 0.717) is 41.5 Å². The Bertz CT molecular complexity index is 1800. The number of carbonyl (C=O) groups excluding carboxylic acids is 2. The Kier molecular flexibility index (Phi) is 8.84. The number of halogens is 3. The molecule has 4 aromatic rings. The van der Waals surface area contributed by atoms with E-state index in [-0.39, 0.29) is 17.7 Å². The molecule has 3 heterocycles. The lowest BCUT2D eigenvalue weighted by atomic mass is 10.0. The summed E-state index contributed by atoms with van der Waals surface area (Å²) in [7, 11) is 3.80. The molecule has 1 fully saturated rings. The highest BCUT2D eigenvalue weighted by Crippen LogP contribution is 2.32. The van der Waals surface area contributed by atoms with E-state index in [1.807, 2.05) is 31.2 Å². The Morgan fingerprint density at radius 1 is 1.00 bits per heavy atom. The number of anilines is 5. The van der Waals surface area contributed by atoms with Crippen LogP contribution in [0, 0.1) is 6.92 Å². The quantitative estimate of drug-likeness (QED) is 0.263. The second kappa shape index (κ2) is 13.0. The summed E-state index contributed by atoms with van der Waals surface area (Å²) >= 11 is 0. The zero-order valence-corrected chi connectivity index (χ0v) is 26.1. The van der Waals surface area contributed by atoms with Crippen LogP contribution in [0.2, 0.25) is 0 Å². The largest absolute Gasteiger partial charge is 0.416 e. The van der Waals surface area contributed by atoms with E-state index in [1.54, 1.807) is 30.2 Å². The van der Waals surface area contributed by atoms with E-state index in [1.165, 1.54) is 18.3 Å². The number of fused-ring (bicyclic) bond motifs is 1. The molecule has 1 atom stereocenters. The first-order valence-corrected chi connectivity index (χ1v) is 15.1. The lowest BCUT2D eigenvalue weighted by Crippen LogP contribution is -2.52. The minimum absolute atomic E-state index is 0.0249. The van der Waals surface area contributed by atoms with E-state index < -0.39 is 17.6 Å². The molecule has 0 bridgehead atoms. The predicted molar refractivity (Wildman–Crippen MR) is 173 cm³/mol. The summed E-state index contributed by atoms with van der Waals surface area (Å²) in [6.45, 7) is 4.81. The van der Waals surface area contributed by atoms with Crippen molar-refractivity contribution in [2.75, 3.05) is 60.8 Å². The van der Waals surface area contributed by atoms with Crippen LogP contribution in [0.15, 0.2) is 72.9 Å². The molecular weight excluding hydrogens is 611 g/mol. The van der Waals surface area contributed by atoms with Crippen molar-refractivity contribution < 1.29 is 27.5 Å². The van der Waals surface area contributed by atoms with Crippen molar-refractivity contribution in [3.8, 4) is 0 Å². The number of piperazine rings is 1. The molecule has 0 aliphatic carbocycles. The van der Waals surface area contributed by atoms with Crippen molar-refractivity contribution >= 4 is 40.5 Å². The number of amides is 2. The molecule has 10 nitrogen and oxygen atoms in total. The molecule has 0 saturated carbocycles. The summed E-state index contributed by atoms with van der Waals surface area (Å²) in [5.74, 6) is -0.600. The fourth-order valence-electron chi connectivity index (χ4n) is 5.80. The van der Waals surface area contributed by atoms with Crippen molar-refractivity contribution in [2.24, 2.45) is 0 Å². The fraction of sp³-hybridized carbons (Fsp3) is 0.294. The van der Waals surface area contributed by atoms with E-state index in [0.717, 1.165) is 48.7 Å². The predicted octanol–water partition coefficient (Wildman–Crippen LogP) is 5.73. The van der Waals surface area contributed by atoms with Gasteiger partial charge in [0.25, 0.3) is 11.8 Å². The summed E-state index contributed by atoms with van der Waals surface area (Å²) in [6.07, 6.45) is -2.61. The van der Waals surface area contributed by atoms with Crippen molar-refractivity contribution in [3.63, 3.8) is 0 Å². The topological polar surface area (TPSA) is 103 Å². The van der Waals surface area contributed by atoms with Gasteiger partial charge in [-0.15, -0.1) is 0 Å². The third-order valence-electron chi connectivity index (χ3n) is 8.39. The van der Waals surface area contributed by atoms with Gasteiger partial charge in [-0.1, -0.05) is 12.1 Å². The van der Waals surface area contributed by atoms with Gasteiger partial charge in [0.05, 0.1) is 16.8 Å². The summed E-state index contributed by atoms with van der Waals surface area (Å²) in [5.41, 5.74) is 3.52. The number of methoxy groups -OCH3 is 1. The molecule has 13 heteroatoms. The molecule has 3 aromatic carbocycles. The molecule has 1 saturated heterocycles. The van der Waals surface area contributed by atoms with Gasteiger partial charge in [-0.2, -0.15) is 13.2 Å². The number of rotatable bonds is 7. The van der Waals surface area contributed by atoms with Gasteiger partial charge < -0.3 is 30.1 Å². The van der Waals surface area contributed by atoms with Crippen LogP contribution >= 0.6 is 0 Å². The highest BCUT2D eigenvalue weighted by Gasteiger charge is 2.31. The normalized spacial score (nSPS) is 17.0. The third-order valence-corrected chi connectivity index (χ3v) is 8.39. The first-order chi connectivity index (χ1) is 22.5. The van der Waals surface area contributed by atoms with Crippen LogP contribution in [0.1, 0.15) is 37.5 Å². The number of hydrogen-bond donors (Lipinski definition) is 2. The molecule has 1 unspecified atom stereocenters. The maximum absolute atomic E-state index is 13.6. The van der Waals surface area contributed by atoms with Crippen molar-refractivity contribution in [1.82, 2.24) is 14.9 Å². The Balaban J connectivity index is 1.14. The Hall–Kier alpha value is -5.01. The van der Waals surface area contributed by atoms with Crippen molar-refractivity contribution in [1.29, 1.82) is 0 Å². The van der Waals surface area contributed by atoms with Gasteiger partial charge in [-0.05, 0) is 74.1 Å². The number of alkyl halides is 3. The van der Waals surface area contributed by atoms with Gasteiger partial charge in [0.15, 0.2) is 0 Å². The van der Waals surface area contributed by atoms with Gasteiger partial charge in [0.2, 0.25) is 5.95 Å². The lowest BCUT2D eigenvalue weighted by Gasteiger charge is -2.40. The lowest BCUT2D eigenvalue weighted by molar-refractivity contribution is -0.137. The molecule has 2 aliphatic rings. The first-order valence-electron chi connectivity index (χ1n) is 15.1. The first kappa shape index (κ1) is 32.0. The Morgan fingerprint density at radius 2 is 1.77 bits per heavy atom. The molecule has 2 amide bonds. The van der Waals surface area contributed by atoms with Crippen LogP contribution in [0.4, 0.5) is 41.9 Å². The van der Waals surface area contributed by atoms with Crippen LogP contribution in [-0.2, 0) is 17.3 Å². The van der Waals surface area contributed by atoms with E-state index in [9.17, 15) is 22.8 Å². The SMILES string of the molecule is COC1CN(C)CCN1c1ccc(Nc2ncc3c(n2)CCN(c2cc(NC(=O)c4cccc(C(F)(F)F)c4)ccc2C)C3=O)cc1. The third kappa shape index (κ3) is 6.91. The fourth-order valence-corrected chi connectivity index (χ4v) is 5.80. The minimum Gasteiger partial charge on any atom is -0.360 e. The zero-order valence-electron chi connectivity index (χ0n) is 26.1. The number of hydrogen-bond acceptors (Lipinski definition) is 8. The van der Waals surface area contributed by atoms with Gasteiger partial charge in [-0.25, -0.2) is 9.97 Å². The second-order valence-corrected chi connectivity index (χ2v) is 11.6. The second-order valence-electron chi connectivity index (χ2n) is 11.6. The van der Waals surface area contributed by atoms with Gasteiger partial charge in [0, 0.05) is 74.2 Å². The summed E-state index contributed by atoms with van der Waals surface area (Å²) in [5, 5.41) is 5.88. The smallest absolute Gasteiger partial charge is 0.360 e. The van der Waals surface area contributed by atoms with E-state index >= 15 is 0 Å². The van der Waals surface area contributed by atoms with E-state index in [4.69, 9.17) is 4.74 Å². The Labute approximate surface area is 270 Å². The van der Waals surface area contributed by atoms with Crippen LogP contribution in [0.5, 0.6) is 0 Å². The van der Waals surface area contributed by atoms with Gasteiger partial charge in [-0.3, -0.25) is 9.59 Å². The molecular formula is C34H34F3N7O3. The maximum atomic E-state index is 13.6. The number of aryl methyl sites for hydroxylation is 1. The standard InChI is InChI=1S/C34H34F3N7O3/c1-21-7-8-25(39-31(45)22-5-4-6-23(17-22)34(35,36)37)18-29(21)44-14-13-28-27(32(44)46)19-38-33(41-28)40-24-9-11-26(12-10-24)43-16-15-42(2)20-30(43)47-3/h4-12,17-19,30H,13-16,20H2,1-3H3,(H,39,45)(H,38,40,41). The van der Waals surface area contributed by atoms with Crippen molar-refractivity contribution in [2.45, 2.75) is 25.7 Å². The summed E-state index contributed by atoms with van der Waals surface area (Å²) < 4.78 is 45.1. The number of ether oxygens (including phenoxy) is 1. The van der Waals surface area contributed by atoms with Gasteiger partial charge >= 0.3 is 6.18 Å². The molecule has 2 N–H and O–H groups in total. The Morgan fingerprint density at radius 3 is 2.51 bits per heavy atom. The number of likely N-dealkylation sites (N-methyl/N-ethyl adjacent to an activating group) is 1. The molecule has 2 aliphatic heterocycles. The molecule has 1 aromatic heterocycles. The summed E-state index contributed by atoms with van der Waals surface area (Å²) in [6, 6.07) is 17.2.